The number of carbonyl (C=O) groups is 2. The summed E-state index contributed by atoms with van der Waals surface area (Å²) in [6, 6.07) is -0.217. The highest BCUT2D eigenvalue weighted by molar-refractivity contribution is 6.02. The smallest absolute Gasteiger partial charge is 0.327 e. The molecule has 0 bridgehead atoms. The minimum absolute atomic E-state index is 0.132. The lowest BCUT2D eigenvalue weighted by atomic mass is 10.4. The molecule has 1 saturated heterocycles. The van der Waals surface area contributed by atoms with Crippen molar-refractivity contribution in [1.82, 2.24) is 19.4 Å². The molecule has 3 amide bonds. The molecule has 0 aromatic carbocycles. The highest BCUT2D eigenvalue weighted by Crippen LogP contribution is 2.10. The number of carbonyl (C=O) groups excluding carboxylic acids is 2. The molecule has 2 heterocycles. The van der Waals surface area contributed by atoms with E-state index in [0.29, 0.717) is 13.1 Å². The van der Waals surface area contributed by atoms with E-state index in [0.717, 1.165) is 13.0 Å². The Kier molecular flexibility index (Phi) is 3.76. The van der Waals surface area contributed by atoms with E-state index in [1.54, 1.807) is 18.6 Å². The highest BCUT2D eigenvalue weighted by Gasteiger charge is 2.34. The number of imidazole rings is 1. The Labute approximate surface area is 106 Å². The van der Waals surface area contributed by atoms with E-state index in [1.165, 1.54) is 9.80 Å². The van der Waals surface area contributed by atoms with E-state index in [4.69, 9.17) is 0 Å². The van der Waals surface area contributed by atoms with Crippen LogP contribution in [0.5, 0.6) is 0 Å². The maximum Gasteiger partial charge on any atom is 0.327 e. The van der Waals surface area contributed by atoms with Gasteiger partial charge in [-0.2, -0.15) is 0 Å². The molecule has 0 saturated carbocycles. The fourth-order valence-corrected chi connectivity index (χ4v) is 1.94. The van der Waals surface area contributed by atoms with Gasteiger partial charge in [-0.3, -0.25) is 9.69 Å². The minimum atomic E-state index is -0.217. The third kappa shape index (κ3) is 2.58. The van der Waals surface area contributed by atoms with Crippen molar-refractivity contribution in [2.45, 2.75) is 13.0 Å². The van der Waals surface area contributed by atoms with Crippen LogP contribution < -0.4 is 0 Å². The second-order valence-corrected chi connectivity index (χ2v) is 4.15. The number of imide groups is 1. The molecule has 96 valence electrons. The average molecular weight is 248 g/mol. The minimum Gasteiger partial charge on any atom is -0.337 e. The summed E-state index contributed by atoms with van der Waals surface area (Å²) in [6.07, 6.45) is 7.64. The number of aryl methyl sites for hydroxylation is 1. The van der Waals surface area contributed by atoms with Gasteiger partial charge in [-0.05, 0) is 6.42 Å². The lowest BCUT2D eigenvalue weighted by Gasteiger charge is -2.15. The van der Waals surface area contributed by atoms with Gasteiger partial charge in [-0.15, -0.1) is 6.58 Å². The number of rotatable bonds is 6. The van der Waals surface area contributed by atoms with Crippen molar-refractivity contribution < 1.29 is 9.59 Å². The standard InChI is InChI=1S/C12H16N4O2/c1-2-5-15-9-11(17)16(12(15)18)7-3-6-14-8-4-13-10-14/h2,4,8,10H,1,3,5-7,9H2. The quantitative estimate of drug-likeness (QED) is 0.550. The van der Waals surface area contributed by atoms with Gasteiger partial charge in [-0.1, -0.05) is 6.08 Å². The van der Waals surface area contributed by atoms with Gasteiger partial charge in [0.05, 0.1) is 6.33 Å². The van der Waals surface area contributed by atoms with Gasteiger partial charge in [0.15, 0.2) is 0 Å². The van der Waals surface area contributed by atoms with Gasteiger partial charge in [0.1, 0.15) is 6.54 Å². The third-order valence-electron chi connectivity index (χ3n) is 2.84. The first-order chi connectivity index (χ1) is 8.72. The van der Waals surface area contributed by atoms with Crippen LogP contribution in [-0.4, -0.2) is 50.9 Å². The van der Waals surface area contributed by atoms with Gasteiger partial charge in [0.25, 0.3) is 0 Å². The van der Waals surface area contributed by atoms with E-state index < -0.39 is 0 Å². The van der Waals surface area contributed by atoms with Crippen LogP contribution in [0, 0.1) is 0 Å². The first kappa shape index (κ1) is 12.3. The molecule has 1 aliphatic heterocycles. The molecular weight excluding hydrogens is 232 g/mol. The van der Waals surface area contributed by atoms with Crippen LogP contribution in [0.4, 0.5) is 4.79 Å². The Morgan fingerprint density at radius 3 is 2.89 bits per heavy atom. The molecule has 0 atom stereocenters. The molecule has 0 unspecified atom stereocenters. The zero-order chi connectivity index (χ0) is 13.0. The SMILES string of the molecule is C=CCN1CC(=O)N(CCCn2ccnc2)C1=O. The highest BCUT2D eigenvalue weighted by atomic mass is 16.2. The Bertz CT molecular complexity index is 441. The van der Waals surface area contributed by atoms with Crippen molar-refractivity contribution in [3.05, 3.63) is 31.4 Å². The number of nitrogens with zero attached hydrogens (tertiary/aromatic N) is 4. The lowest BCUT2D eigenvalue weighted by Crippen LogP contribution is -2.34. The zero-order valence-electron chi connectivity index (χ0n) is 10.2. The molecular formula is C12H16N4O2. The van der Waals surface area contributed by atoms with Gasteiger partial charge < -0.3 is 9.47 Å². The number of aromatic nitrogens is 2. The number of amides is 3. The monoisotopic (exact) mass is 248 g/mol. The number of urea groups is 1. The van der Waals surface area contributed by atoms with Crippen LogP contribution in [0.1, 0.15) is 6.42 Å². The third-order valence-corrected chi connectivity index (χ3v) is 2.84. The van der Waals surface area contributed by atoms with Crippen LogP contribution >= 0.6 is 0 Å². The van der Waals surface area contributed by atoms with Gasteiger partial charge >= 0.3 is 6.03 Å². The zero-order valence-corrected chi connectivity index (χ0v) is 10.2. The van der Waals surface area contributed by atoms with Crippen LogP contribution in [0.25, 0.3) is 0 Å². The molecule has 6 heteroatoms. The van der Waals surface area contributed by atoms with Crippen molar-refractivity contribution in [3.8, 4) is 0 Å². The first-order valence-corrected chi connectivity index (χ1v) is 5.88. The summed E-state index contributed by atoms with van der Waals surface area (Å²) in [6.45, 7) is 5.35. The molecule has 1 fully saturated rings. The molecule has 0 spiro atoms. The molecule has 1 aromatic rings. The maximum absolute atomic E-state index is 11.9. The van der Waals surface area contributed by atoms with Crippen LogP contribution in [0.15, 0.2) is 31.4 Å². The summed E-state index contributed by atoms with van der Waals surface area (Å²) in [5.41, 5.74) is 0. The summed E-state index contributed by atoms with van der Waals surface area (Å²) in [7, 11) is 0. The Hall–Kier alpha value is -2.11. The first-order valence-electron chi connectivity index (χ1n) is 5.88. The van der Waals surface area contributed by atoms with E-state index >= 15 is 0 Å². The van der Waals surface area contributed by atoms with Crippen molar-refractivity contribution in [2.75, 3.05) is 19.6 Å². The van der Waals surface area contributed by atoms with Crippen molar-refractivity contribution in [1.29, 1.82) is 0 Å². The maximum atomic E-state index is 11.9. The normalized spacial score (nSPS) is 15.6. The van der Waals surface area contributed by atoms with E-state index in [-0.39, 0.29) is 18.5 Å². The van der Waals surface area contributed by atoms with Crippen molar-refractivity contribution in [2.24, 2.45) is 0 Å². The number of hydrogen-bond acceptors (Lipinski definition) is 3. The fourth-order valence-electron chi connectivity index (χ4n) is 1.94. The summed E-state index contributed by atoms with van der Waals surface area (Å²) in [5.74, 6) is -0.132. The summed E-state index contributed by atoms with van der Waals surface area (Å²) < 4.78 is 1.92. The van der Waals surface area contributed by atoms with Crippen LogP contribution in [0.3, 0.4) is 0 Å². The molecule has 1 aliphatic rings. The van der Waals surface area contributed by atoms with Crippen LogP contribution in [-0.2, 0) is 11.3 Å². The molecule has 18 heavy (non-hydrogen) atoms. The Balaban J connectivity index is 1.83. The second kappa shape index (κ2) is 5.48. The van der Waals surface area contributed by atoms with E-state index in [2.05, 4.69) is 11.6 Å². The predicted molar refractivity (Wildman–Crippen MR) is 65.7 cm³/mol. The molecule has 2 rings (SSSR count). The molecule has 0 N–H and O–H groups in total. The molecule has 0 radical (unpaired) electrons. The van der Waals surface area contributed by atoms with E-state index in [1.807, 2.05) is 10.8 Å². The average Bonchev–Trinajstić information content (AvgIpc) is 2.93. The number of hydrogen-bond donors (Lipinski definition) is 0. The summed E-state index contributed by atoms with van der Waals surface area (Å²) in [4.78, 5) is 30.3. The summed E-state index contributed by atoms with van der Waals surface area (Å²) >= 11 is 0. The predicted octanol–water partition coefficient (Wildman–Crippen LogP) is 0.723. The van der Waals surface area contributed by atoms with Crippen LogP contribution in [0.2, 0.25) is 0 Å². The molecule has 0 aliphatic carbocycles. The van der Waals surface area contributed by atoms with Crippen molar-refractivity contribution in [3.63, 3.8) is 0 Å². The lowest BCUT2D eigenvalue weighted by molar-refractivity contribution is -0.125. The van der Waals surface area contributed by atoms with Gasteiger partial charge in [-0.25, -0.2) is 9.78 Å². The van der Waals surface area contributed by atoms with Gasteiger partial charge in [0, 0.05) is 32.0 Å². The molecule has 6 nitrogen and oxygen atoms in total. The molecule has 1 aromatic heterocycles. The van der Waals surface area contributed by atoms with Crippen molar-refractivity contribution >= 4 is 11.9 Å². The second-order valence-electron chi connectivity index (χ2n) is 4.15. The van der Waals surface area contributed by atoms with E-state index in [9.17, 15) is 9.59 Å². The Morgan fingerprint density at radius 1 is 1.39 bits per heavy atom. The summed E-state index contributed by atoms with van der Waals surface area (Å²) in [5, 5.41) is 0. The fraction of sp³-hybridized carbons (Fsp3) is 0.417. The largest absolute Gasteiger partial charge is 0.337 e. The van der Waals surface area contributed by atoms with Gasteiger partial charge in [0.2, 0.25) is 5.91 Å². The Morgan fingerprint density at radius 2 is 2.22 bits per heavy atom. The topological polar surface area (TPSA) is 58.4 Å².